The van der Waals surface area contributed by atoms with Crippen molar-refractivity contribution in [2.75, 3.05) is 31.2 Å². The zero-order valence-corrected chi connectivity index (χ0v) is 20.4. The van der Waals surface area contributed by atoms with Crippen molar-refractivity contribution in [1.82, 2.24) is 20.4 Å². The van der Waals surface area contributed by atoms with Gasteiger partial charge in [0.1, 0.15) is 5.82 Å². The van der Waals surface area contributed by atoms with Gasteiger partial charge in [0.15, 0.2) is 0 Å². The lowest BCUT2D eigenvalue weighted by atomic mass is 9.97. The van der Waals surface area contributed by atoms with E-state index in [1.165, 1.54) is 0 Å². The Morgan fingerprint density at radius 2 is 2.09 bits per heavy atom. The van der Waals surface area contributed by atoms with E-state index in [0.29, 0.717) is 35.6 Å². The molecule has 4 rings (SSSR count). The number of hydrogen-bond donors (Lipinski definition) is 4. The van der Waals surface area contributed by atoms with Crippen LogP contribution in [0.15, 0.2) is 48.8 Å². The summed E-state index contributed by atoms with van der Waals surface area (Å²) in [7, 11) is 1.90. The number of hydrogen-bond acceptors (Lipinski definition) is 7. The molecule has 0 saturated carbocycles. The number of nitrogens with zero attached hydrogens (tertiary/aromatic N) is 3. The number of anilines is 2. The van der Waals surface area contributed by atoms with Crippen molar-refractivity contribution >= 4 is 17.1 Å². The van der Waals surface area contributed by atoms with E-state index in [-0.39, 0.29) is 11.9 Å². The molecular formula is C27H34FN7. The van der Waals surface area contributed by atoms with Gasteiger partial charge in [0, 0.05) is 53.7 Å². The van der Waals surface area contributed by atoms with Crippen LogP contribution in [0.1, 0.15) is 47.6 Å². The zero-order valence-electron chi connectivity index (χ0n) is 20.4. The van der Waals surface area contributed by atoms with Crippen LogP contribution in [-0.4, -0.2) is 47.0 Å². The van der Waals surface area contributed by atoms with Crippen LogP contribution >= 0.6 is 0 Å². The van der Waals surface area contributed by atoms with Crippen LogP contribution in [0, 0.1) is 11.2 Å². The van der Waals surface area contributed by atoms with Gasteiger partial charge in [-0.1, -0.05) is 19.1 Å². The molecule has 0 aliphatic carbocycles. The summed E-state index contributed by atoms with van der Waals surface area (Å²) in [6.45, 7) is 5.12. The van der Waals surface area contributed by atoms with Crippen molar-refractivity contribution in [2.45, 2.75) is 45.3 Å². The number of nitrogens with two attached hydrogens (primary N) is 1. The van der Waals surface area contributed by atoms with Gasteiger partial charge in [0.2, 0.25) is 0 Å². The van der Waals surface area contributed by atoms with Gasteiger partial charge in [0.05, 0.1) is 18.1 Å². The Kier molecular flexibility index (Phi) is 8.05. The van der Waals surface area contributed by atoms with Gasteiger partial charge in [-0.15, -0.1) is 0 Å². The molecule has 2 heterocycles. The summed E-state index contributed by atoms with van der Waals surface area (Å²) >= 11 is 0. The van der Waals surface area contributed by atoms with Crippen LogP contribution < -0.4 is 16.4 Å². The largest absolute Gasteiger partial charge is 0.398 e. The van der Waals surface area contributed by atoms with Gasteiger partial charge in [0.25, 0.3) is 0 Å². The molecule has 0 bridgehead atoms. The molecule has 1 fully saturated rings. The van der Waals surface area contributed by atoms with E-state index in [2.05, 4.69) is 32.7 Å². The quantitative estimate of drug-likeness (QED) is 0.276. The van der Waals surface area contributed by atoms with Gasteiger partial charge in [-0.2, -0.15) is 10.2 Å². The Morgan fingerprint density at radius 1 is 1.23 bits per heavy atom. The molecule has 0 spiro atoms. The third kappa shape index (κ3) is 5.83. The van der Waals surface area contributed by atoms with Gasteiger partial charge in [-0.3, -0.25) is 10.3 Å². The summed E-state index contributed by atoms with van der Waals surface area (Å²) < 4.78 is 14.6. The maximum absolute atomic E-state index is 14.6. The molecule has 5 N–H and O–H groups in total. The Labute approximate surface area is 206 Å². The van der Waals surface area contributed by atoms with Crippen LogP contribution in [0.4, 0.5) is 15.8 Å². The highest BCUT2D eigenvalue weighted by molar-refractivity contribution is 6.14. The molecule has 184 valence electrons. The summed E-state index contributed by atoms with van der Waals surface area (Å²) in [5, 5.41) is 23.2. The predicted octanol–water partition coefficient (Wildman–Crippen LogP) is 3.97. The average Bonchev–Trinajstić information content (AvgIpc) is 2.87. The lowest BCUT2D eigenvalue weighted by Crippen LogP contribution is -2.42. The lowest BCUT2D eigenvalue weighted by molar-refractivity contribution is 0.205. The molecule has 7 nitrogen and oxygen atoms in total. The van der Waals surface area contributed by atoms with Crippen molar-refractivity contribution < 1.29 is 4.39 Å². The Balaban J connectivity index is 1.52. The SMILES string of the molecule is CCc1cccc(F)c1CN1CCCC(Nc2cc(N)c(C(=N)c3ccnnc3)cc2CNC)C1. The number of benzene rings is 2. The first-order valence-electron chi connectivity index (χ1n) is 12.2. The summed E-state index contributed by atoms with van der Waals surface area (Å²) in [5.74, 6) is -0.119. The molecular weight excluding hydrogens is 441 g/mol. The van der Waals surface area contributed by atoms with Gasteiger partial charge < -0.3 is 16.4 Å². The van der Waals surface area contributed by atoms with Crippen LogP contribution in [0.2, 0.25) is 0 Å². The number of nitrogens with one attached hydrogen (secondary N) is 3. The standard InChI is InChI=1S/C27H34FN7/c1-3-18-6-4-8-24(28)23(18)17-35-11-5-7-21(16-35)34-26-13-25(29)22(12-20(26)14-31-2)27(30)19-9-10-32-33-15-19/h4,6,8-10,12-13,15,21,30-31,34H,3,5,7,11,14,16-17,29H2,1-2H3. The maximum atomic E-state index is 14.6. The van der Waals surface area contributed by atoms with E-state index in [0.717, 1.165) is 54.7 Å². The Morgan fingerprint density at radius 3 is 2.83 bits per heavy atom. The highest BCUT2D eigenvalue weighted by Gasteiger charge is 2.23. The van der Waals surface area contributed by atoms with Crippen molar-refractivity contribution in [1.29, 1.82) is 5.41 Å². The van der Waals surface area contributed by atoms with E-state index in [1.54, 1.807) is 30.6 Å². The highest BCUT2D eigenvalue weighted by Crippen LogP contribution is 2.28. The lowest BCUT2D eigenvalue weighted by Gasteiger charge is -2.34. The molecule has 0 radical (unpaired) electrons. The minimum Gasteiger partial charge on any atom is -0.398 e. The summed E-state index contributed by atoms with van der Waals surface area (Å²) in [5.41, 5.74) is 12.5. The molecule has 1 atom stereocenters. The second-order valence-electron chi connectivity index (χ2n) is 9.08. The van der Waals surface area contributed by atoms with E-state index in [9.17, 15) is 4.39 Å². The fraction of sp³-hybridized carbons (Fsp3) is 0.370. The molecule has 1 unspecified atom stereocenters. The summed E-state index contributed by atoms with van der Waals surface area (Å²) in [6, 6.07) is 11.3. The highest BCUT2D eigenvalue weighted by atomic mass is 19.1. The third-order valence-electron chi connectivity index (χ3n) is 6.63. The van der Waals surface area contributed by atoms with Gasteiger partial charge >= 0.3 is 0 Å². The first-order valence-corrected chi connectivity index (χ1v) is 12.2. The van der Waals surface area contributed by atoms with Crippen LogP contribution in [0.25, 0.3) is 0 Å². The van der Waals surface area contributed by atoms with Crippen LogP contribution in [0.3, 0.4) is 0 Å². The minimum absolute atomic E-state index is 0.119. The van der Waals surface area contributed by atoms with E-state index in [1.807, 2.05) is 25.2 Å². The molecule has 1 aliphatic rings. The molecule has 3 aromatic rings. The Hall–Kier alpha value is -3.36. The number of piperidine rings is 1. The average molecular weight is 476 g/mol. The molecule has 35 heavy (non-hydrogen) atoms. The first kappa shape index (κ1) is 24.8. The molecule has 1 aliphatic heterocycles. The number of rotatable bonds is 9. The van der Waals surface area contributed by atoms with Gasteiger partial charge in [-0.25, -0.2) is 4.39 Å². The number of aryl methyl sites for hydroxylation is 1. The number of halogens is 1. The summed E-state index contributed by atoms with van der Waals surface area (Å²) in [6.07, 6.45) is 6.05. The zero-order chi connectivity index (χ0) is 24.8. The first-order chi connectivity index (χ1) is 17.0. The normalized spacial score (nSPS) is 16.3. The Bertz CT molecular complexity index is 1170. The smallest absolute Gasteiger partial charge is 0.127 e. The van der Waals surface area contributed by atoms with Crippen LogP contribution in [-0.2, 0) is 19.5 Å². The number of aromatic nitrogens is 2. The van der Waals surface area contributed by atoms with Crippen molar-refractivity contribution in [3.05, 3.63) is 82.4 Å². The van der Waals surface area contributed by atoms with E-state index in [4.69, 9.17) is 11.1 Å². The second-order valence-corrected chi connectivity index (χ2v) is 9.08. The van der Waals surface area contributed by atoms with E-state index < -0.39 is 0 Å². The summed E-state index contributed by atoms with van der Waals surface area (Å²) in [4.78, 5) is 2.33. The van der Waals surface area contributed by atoms with Crippen LogP contribution in [0.5, 0.6) is 0 Å². The minimum atomic E-state index is -0.119. The van der Waals surface area contributed by atoms with Crippen molar-refractivity contribution in [3.63, 3.8) is 0 Å². The maximum Gasteiger partial charge on any atom is 0.127 e. The molecule has 8 heteroatoms. The molecule has 0 amide bonds. The molecule has 1 aromatic heterocycles. The topological polar surface area (TPSA) is 103 Å². The van der Waals surface area contributed by atoms with Gasteiger partial charge in [-0.05, 0) is 68.2 Å². The van der Waals surface area contributed by atoms with Crippen molar-refractivity contribution in [3.8, 4) is 0 Å². The second kappa shape index (κ2) is 11.4. The monoisotopic (exact) mass is 475 g/mol. The number of nitrogen functional groups attached to an aromatic ring is 1. The van der Waals surface area contributed by atoms with E-state index >= 15 is 0 Å². The fourth-order valence-corrected chi connectivity index (χ4v) is 4.82. The molecule has 1 saturated heterocycles. The predicted molar refractivity (Wildman–Crippen MR) is 139 cm³/mol. The van der Waals surface area contributed by atoms with Crippen molar-refractivity contribution in [2.24, 2.45) is 0 Å². The number of likely N-dealkylation sites (tertiary alicyclic amines) is 1. The third-order valence-corrected chi connectivity index (χ3v) is 6.63. The fourth-order valence-electron chi connectivity index (χ4n) is 4.82. The molecule has 2 aromatic carbocycles.